The molecule has 3 N–H and O–H groups in total. The van der Waals surface area contributed by atoms with Gasteiger partial charge in [0.15, 0.2) is 0 Å². The van der Waals surface area contributed by atoms with E-state index in [1.165, 1.54) is 11.1 Å². The van der Waals surface area contributed by atoms with Crippen molar-refractivity contribution in [3.8, 4) is 0 Å². The van der Waals surface area contributed by atoms with Gasteiger partial charge in [-0.3, -0.25) is 11.3 Å². The first-order valence-corrected chi connectivity index (χ1v) is 7.49. The number of benzene rings is 1. The predicted molar refractivity (Wildman–Crippen MR) is 84.5 cm³/mol. The van der Waals surface area contributed by atoms with Gasteiger partial charge in [0.2, 0.25) is 0 Å². The van der Waals surface area contributed by atoms with Gasteiger partial charge in [-0.05, 0) is 39.4 Å². The first-order chi connectivity index (χ1) is 9.58. The van der Waals surface area contributed by atoms with Crippen LogP contribution >= 0.6 is 0 Å². The molecule has 0 spiro atoms. The van der Waals surface area contributed by atoms with Gasteiger partial charge in [-0.15, -0.1) is 0 Å². The second-order valence-corrected chi connectivity index (χ2v) is 6.19. The molecule has 1 aromatic carbocycles. The first-order valence-electron chi connectivity index (χ1n) is 7.49. The van der Waals surface area contributed by atoms with Gasteiger partial charge in [-0.25, -0.2) is 0 Å². The molecule has 0 aliphatic carbocycles. The Morgan fingerprint density at radius 1 is 1.35 bits per heavy atom. The molecular weight excluding hydrogens is 248 g/mol. The molecule has 2 unspecified atom stereocenters. The fraction of sp³-hybridized carbons (Fsp3) is 0.625. The third kappa shape index (κ3) is 4.28. The van der Waals surface area contributed by atoms with Gasteiger partial charge in [0, 0.05) is 31.7 Å². The number of hydrazine groups is 1. The lowest BCUT2D eigenvalue weighted by Crippen LogP contribution is -2.53. The number of nitrogens with one attached hydrogen (secondary N) is 1. The molecule has 0 radical (unpaired) electrons. The first kappa shape index (κ1) is 15.4. The van der Waals surface area contributed by atoms with Crippen molar-refractivity contribution in [2.45, 2.75) is 31.8 Å². The third-order valence-electron chi connectivity index (χ3n) is 4.34. The predicted octanol–water partition coefficient (Wildman–Crippen LogP) is 1.01. The Hall–Kier alpha value is -0.940. The van der Waals surface area contributed by atoms with Crippen LogP contribution in [-0.2, 0) is 6.42 Å². The largest absolute Gasteiger partial charge is 0.304 e. The summed E-state index contributed by atoms with van der Waals surface area (Å²) in [5.74, 6) is 5.77. The molecule has 0 bridgehead atoms. The van der Waals surface area contributed by atoms with E-state index in [1.54, 1.807) is 0 Å². The molecule has 0 saturated carbocycles. The second kappa shape index (κ2) is 7.18. The highest BCUT2D eigenvalue weighted by Gasteiger charge is 2.24. The summed E-state index contributed by atoms with van der Waals surface area (Å²) in [5.41, 5.74) is 5.68. The summed E-state index contributed by atoms with van der Waals surface area (Å²) in [6, 6.07) is 9.61. The lowest BCUT2D eigenvalue weighted by atomic mass is 9.97. The molecule has 0 amide bonds. The van der Waals surface area contributed by atoms with Crippen LogP contribution in [-0.4, -0.2) is 55.6 Å². The SMILES string of the molecule is Cc1cccc(CC(CC2CN(C)CCN2C)NN)c1. The summed E-state index contributed by atoms with van der Waals surface area (Å²) < 4.78 is 0. The smallest absolute Gasteiger partial charge is 0.0266 e. The van der Waals surface area contributed by atoms with E-state index in [0.717, 1.165) is 32.5 Å². The van der Waals surface area contributed by atoms with Gasteiger partial charge in [-0.2, -0.15) is 0 Å². The summed E-state index contributed by atoms with van der Waals surface area (Å²) in [6.07, 6.45) is 2.08. The summed E-state index contributed by atoms with van der Waals surface area (Å²) >= 11 is 0. The highest BCUT2D eigenvalue weighted by Crippen LogP contribution is 2.15. The average molecular weight is 276 g/mol. The molecular formula is C16H28N4. The highest BCUT2D eigenvalue weighted by atomic mass is 15.3. The van der Waals surface area contributed by atoms with Crippen molar-refractivity contribution in [3.05, 3.63) is 35.4 Å². The lowest BCUT2D eigenvalue weighted by molar-refractivity contribution is 0.101. The van der Waals surface area contributed by atoms with Gasteiger partial charge in [0.05, 0.1) is 0 Å². The highest BCUT2D eigenvalue weighted by molar-refractivity contribution is 5.23. The molecule has 2 atom stereocenters. The number of nitrogens with two attached hydrogens (primary N) is 1. The zero-order valence-electron chi connectivity index (χ0n) is 13.0. The number of rotatable bonds is 5. The van der Waals surface area contributed by atoms with Crippen LogP contribution in [0.1, 0.15) is 17.5 Å². The zero-order valence-corrected chi connectivity index (χ0v) is 13.0. The number of likely N-dealkylation sites (N-methyl/N-ethyl adjacent to an activating group) is 2. The van der Waals surface area contributed by atoms with Crippen molar-refractivity contribution in [1.29, 1.82) is 0 Å². The Morgan fingerprint density at radius 3 is 2.85 bits per heavy atom. The second-order valence-electron chi connectivity index (χ2n) is 6.19. The van der Waals surface area contributed by atoms with Gasteiger partial charge >= 0.3 is 0 Å². The van der Waals surface area contributed by atoms with E-state index in [-0.39, 0.29) is 0 Å². The van der Waals surface area contributed by atoms with Crippen LogP contribution in [0.4, 0.5) is 0 Å². The van der Waals surface area contributed by atoms with Crippen LogP contribution < -0.4 is 11.3 Å². The van der Waals surface area contributed by atoms with E-state index < -0.39 is 0 Å². The fourth-order valence-corrected chi connectivity index (χ4v) is 3.02. The molecule has 4 heteroatoms. The Kier molecular flexibility index (Phi) is 5.54. The van der Waals surface area contributed by atoms with E-state index in [9.17, 15) is 0 Å². The van der Waals surface area contributed by atoms with Crippen molar-refractivity contribution in [2.75, 3.05) is 33.7 Å². The Balaban J connectivity index is 1.94. The summed E-state index contributed by atoms with van der Waals surface area (Å²) in [5, 5.41) is 0. The molecule has 1 aliphatic rings. The Bertz CT molecular complexity index is 421. The average Bonchev–Trinajstić information content (AvgIpc) is 2.42. The van der Waals surface area contributed by atoms with Crippen molar-refractivity contribution in [1.82, 2.24) is 15.2 Å². The molecule has 1 aromatic rings. The minimum Gasteiger partial charge on any atom is -0.304 e. The fourth-order valence-electron chi connectivity index (χ4n) is 3.02. The summed E-state index contributed by atoms with van der Waals surface area (Å²) in [6.45, 7) is 5.56. The van der Waals surface area contributed by atoms with Gasteiger partial charge in [0.25, 0.3) is 0 Å². The van der Waals surface area contributed by atoms with Crippen molar-refractivity contribution in [2.24, 2.45) is 5.84 Å². The van der Waals surface area contributed by atoms with Crippen molar-refractivity contribution >= 4 is 0 Å². The number of hydrogen-bond acceptors (Lipinski definition) is 4. The van der Waals surface area contributed by atoms with E-state index in [0.29, 0.717) is 12.1 Å². The van der Waals surface area contributed by atoms with E-state index in [2.05, 4.69) is 60.5 Å². The topological polar surface area (TPSA) is 44.5 Å². The maximum absolute atomic E-state index is 5.77. The maximum Gasteiger partial charge on any atom is 0.0266 e. The molecule has 1 saturated heterocycles. The molecule has 1 fully saturated rings. The van der Waals surface area contributed by atoms with Crippen molar-refractivity contribution in [3.63, 3.8) is 0 Å². The number of aryl methyl sites for hydroxylation is 1. The molecule has 0 aromatic heterocycles. The number of nitrogens with zero attached hydrogens (tertiary/aromatic N) is 2. The number of piperazine rings is 1. The van der Waals surface area contributed by atoms with Crippen LogP contribution in [0.3, 0.4) is 0 Å². The van der Waals surface area contributed by atoms with Crippen LogP contribution in [0.15, 0.2) is 24.3 Å². The van der Waals surface area contributed by atoms with Gasteiger partial charge in [0.1, 0.15) is 0 Å². The monoisotopic (exact) mass is 276 g/mol. The molecule has 4 nitrogen and oxygen atoms in total. The third-order valence-corrected chi connectivity index (χ3v) is 4.34. The van der Waals surface area contributed by atoms with E-state index in [4.69, 9.17) is 5.84 Å². The molecule has 2 rings (SSSR count). The minimum atomic E-state index is 0.329. The van der Waals surface area contributed by atoms with Gasteiger partial charge < -0.3 is 9.80 Å². The molecule has 20 heavy (non-hydrogen) atoms. The summed E-state index contributed by atoms with van der Waals surface area (Å²) in [7, 11) is 4.42. The van der Waals surface area contributed by atoms with Crippen LogP contribution in [0.25, 0.3) is 0 Å². The normalized spacial score (nSPS) is 22.9. The Morgan fingerprint density at radius 2 is 2.15 bits per heavy atom. The molecule has 112 valence electrons. The van der Waals surface area contributed by atoms with E-state index >= 15 is 0 Å². The van der Waals surface area contributed by atoms with Crippen LogP contribution in [0.5, 0.6) is 0 Å². The molecule has 1 heterocycles. The molecule has 1 aliphatic heterocycles. The minimum absolute atomic E-state index is 0.329. The van der Waals surface area contributed by atoms with E-state index in [1.807, 2.05) is 0 Å². The standard InChI is InChI=1S/C16H28N4/c1-13-5-4-6-14(9-13)10-15(18-17)11-16-12-19(2)7-8-20(16)3/h4-6,9,15-16,18H,7-8,10-12,17H2,1-3H3. The van der Waals surface area contributed by atoms with Crippen molar-refractivity contribution < 1.29 is 0 Å². The van der Waals surface area contributed by atoms with Gasteiger partial charge in [-0.1, -0.05) is 29.8 Å². The lowest BCUT2D eigenvalue weighted by Gasteiger charge is -2.39. The zero-order chi connectivity index (χ0) is 14.5. The quantitative estimate of drug-likeness (QED) is 0.622. The maximum atomic E-state index is 5.77. The number of hydrogen-bond donors (Lipinski definition) is 2. The summed E-state index contributed by atoms with van der Waals surface area (Å²) in [4.78, 5) is 4.87. The Labute approximate surface area is 122 Å². The van der Waals surface area contributed by atoms with Crippen LogP contribution in [0.2, 0.25) is 0 Å². The van der Waals surface area contributed by atoms with Crippen LogP contribution in [0, 0.1) is 6.92 Å².